The molecule has 0 radical (unpaired) electrons. The highest BCUT2D eigenvalue weighted by atomic mass is 16.1. The fraction of sp³-hybridized carbons (Fsp3) is 0.250. The van der Waals surface area contributed by atoms with Gasteiger partial charge in [-0.15, -0.1) is 0 Å². The van der Waals surface area contributed by atoms with Gasteiger partial charge in [0.25, 0.3) is 0 Å². The van der Waals surface area contributed by atoms with Crippen molar-refractivity contribution in [1.29, 1.82) is 0 Å². The number of nitrogens with zero attached hydrogens (tertiary/aromatic N) is 2. The minimum Gasteiger partial charge on any atom is -0.353 e. The Labute approximate surface area is 166 Å². The van der Waals surface area contributed by atoms with Crippen LogP contribution < -0.4 is 10.2 Å². The van der Waals surface area contributed by atoms with Crippen molar-refractivity contribution in [3.63, 3.8) is 0 Å². The fourth-order valence-corrected chi connectivity index (χ4v) is 3.98. The summed E-state index contributed by atoms with van der Waals surface area (Å²) >= 11 is 0. The molecule has 28 heavy (non-hydrogen) atoms. The van der Waals surface area contributed by atoms with Gasteiger partial charge in [0.2, 0.25) is 5.91 Å². The molecule has 4 nitrogen and oxygen atoms in total. The molecule has 2 aromatic carbocycles. The molecule has 1 saturated heterocycles. The van der Waals surface area contributed by atoms with Gasteiger partial charge in [0.05, 0.1) is 5.92 Å². The van der Waals surface area contributed by atoms with Crippen molar-refractivity contribution in [2.24, 2.45) is 0 Å². The fourth-order valence-electron chi connectivity index (χ4n) is 3.98. The second kappa shape index (κ2) is 8.70. The van der Waals surface area contributed by atoms with E-state index in [1.807, 2.05) is 85.1 Å². The summed E-state index contributed by atoms with van der Waals surface area (Å²) in [7, 11) is 0. The SMILES string of the molecule is O=C(NC[C@H]1CCCN1c1ccccn1)C(c1ccccc1)c1ccccc1. The molecule has 1 aliphatic heterocycles. The number of pyridine rings is 1. The number of hydrogen-bond donors (Lipinski definition) is 1. The topological polar surface area (TPSA) is 45.2 Å². The Hall–Kier alpha value is -3.14. The lowest BCUT2D eigenvalue weighted by Gasteiger charge is -2.27. The first kappa shape index (κ1) is 18.2. The Kier molecular flexibility index (Phi) is 5.66. The molecular weight excluding hydrogens is 346 g/mol. The molecule has 0 saturated carbocycles. The van der Waals surface area contributed by atoms with E-state index in [1.54, 1.807) is 0 Å². The lowest BCUT2D eigenvalue weighted by atomic mass is 9.90. The van der Waals surface area contributed by atoms with Crippen molar-refractivity contribution in [2.45, 2.75) is 24.8 Å². The van der Waals surface area contributed by atoms with Crippen LogP contribution in [0.2, 0.25) is 0 Å². The van der Waals surface area contributed by atoms with Gasteiger partial charge in [0.15, 0.2) is 0 Å². The molecule has 4 rings (SSSR count). The third kappa shape index (κ3) is 4.06. The number of carbonyl (C=O) groups excluding carboxylic acids is 1. The predicted octanol–water partition coefficient (Wildman–Crippen LogP) is 4.00. The van der Waals surface area contributed by atoms with Crippen LogP contribution in [0.3, 0.4) is 0 Å². The van der Waals surface area contributed by atoms with Gasteiger partial charge in [0.1, 0.15) is 5.82 Å². The Morgan fingerprint density at radius 2 is 1.61 bits per heavy atom. The standard InChI is InChI=1S/C24H25N3O/c28-24(23(19-10-3-1-4-11-19)20-12-5-2-6-13-20)26-18-21-14-9-17-27(21)22-15-7-8-16-25-22/h1-8,10-13,15-16,21,23H,9,14,17-18H2,(H,26,28)/t21-/m1/s1. The first-order valence-corrected chi connectivity index (χ1v) is 9.88. The number of nitrogens with one attached hydrogen (secondary N) is 1. The molecule has 4 heteroatoms. The van der Waals surface area contributed by atoms with Crippen molar-refractivity contribution in [2.75, 3.05) is 18.0 Å². The number of benzene rings is 2. The number of carbonyl (C=O) groups is 1. The van der Waals surface area contributed by atoms with E-state index in [2.05, 4.69) is 15.2 Å². The van der Waals surface area contributed by atoms with Crippen LogP contribution >= 0.6 is 0 Å². The van der Waals surface area contributed by atoms with E-state index >= 15 is 0 Å². The highest BCUT2D eigenvalue weighted by molar-refractivity contribution is 5.87. The van der Waals surface area contributed by atoms with Crippen LogP contribution in [0.5, 0.6) is 0 Å². The number of hydrogen-bond acceptors (Lipinski definition) is 3. The van der Waals surface area contributed by atoms with Crippen LogP contribution in [0.4, 0.5) is 5.82 Å². The molecule has 0 spiro atoms. The minimum absolute atomic E-state index is 0.0465. The quantitative estimate of drug-likeness (QED) is 0.712. The van der Waals surface area contributed by atoms with E-state index in [1.165, 1.54) is 0 Å². The molecule has 1 aromatic heterocycles. The summed E-state index contributed by atoms with van der Waals surface area (Å²) < 4.78 is 0. The predicted molar refractivity (Wildman–Crippen MR) is 112 cm³/mol. The second-order valence-corrected chi connectivity index (χ2v) is 7.18. The van der Waals surface area contributed by atoms with Gasteiger partial charge in [-0.2, -0.15) is 0 Å². The lowest BCUT2D eigenvalue weighted by molar-refractivity contribution is -0.121. The zero-order valence-corrected chi connectivity index (χ0v) is 15.9. The molecule has 1 amide bonds. The Bertz CT molecular complexity index is 844. The van der Waals surface area contributed by atoms with Crippen LogP contribution in [0.15, 0.2) is 85.1 Å². The van der Waals surface area contributed by atoms with Crippen molar-refractivity contribution < 1.29 is 4.79 Å². The summed E-state index contributed by atoms with van der Waals surface area (Å²) in [5.74, 6) is 0.735. The molecule has 1 aliphatic rings. The summed E-state index contributed by atoms with van der Waals surface area (Å²) in [6.07, 6.45) is 4.01. The summed E-state index contributed by atoms with van der Waals surface area (Å²) in [5, 5.41) is 3.21. The number of amides is 1. The lowest BCUT2D eigenvalue weighted by Crippen LogP contribution is -2.42. The zero-order valence-electron chi connectivity index (χ0n) is 15.9. The Balaban J connectivity index is 1.49. The van der Waals surface area contributed by atoms with Gasteiger partial charge < -0.3 is 10.2 Å². The molecule has 3 aromatic rings. The normalized spacial score (nSPS) is 16.3. The minimum atomic E-state index is -0.299. The number of anilines is 1. The van der Waals surface area contributed by atoms with Crippen molar-refractivity contribution in [1.82, 2.24) is 10.3 Å². The summed E-state index contributed by atoms with van der Waals surface area (Å²) in [6, 6.07) is 26.2. The van der Waals surface area contributed by atoms with Gasteiger partial charge in [-0.1, -0.05) is 66.7 Å². The van der Waals surface area contributed by atoms with Gasteiger partial charge in [-0.25, -0.2) is 4.98 Å². The van der Waals surface area contributed by atoms with Crippen molar-refractivity contribution >= 4 is 11.7 Å². The van der Waals surface area contributed by atoms with Crippen LogP contribution in [0, 0.1) is 0 Å². The van der Waals surface area contributed by atoms with E-state index < -0.39 is 0 Å². The number of rotatable bonds is 6. The average molecular weight is 371 g/mol. The molecule has 2 heterocycles. The monoisotopic (exact) mass is 371 g/mol. The summed E-state index contributed by atoms with van der Waals surface area (Å²) in [4.78, 5) is 20.0. The van der Waals surface area contributed by atoms with Gasteiger partial charge in [-0.05, 0) is 36.1 Å². The molecule has 1 N–H and O–H groups in total. The molecule has 142 valence electrons. The van der Waals surface area contributed by atoms with Crippen molar-refractivity contribution in [3.05, 3.63) is 96.2 Å². The first-order chi connectivity index (χ1) is 13.8. The molecule has 0 unspecified atom stereocenters. The van der Waals surface area contributed by atoms with Crippen LogP contribution in [-0.2, 0) is 4.79 Å². The highest BCUT2D eigenvalue weighted by Gasteiger charge is 2.28. The molecule has 1 atom stereocenters. The van der Waals surface area contributed by atoms with Gasteiger partial charge in [0, 0.05) is 25.3 Å². The van der Waals surface area contributed by atoms with Crippen LogP contribution in [0.25, 0.3) is 0 Å². The van der Waals surface area contributed by atoms with Gasteiger partial charge in [-0.3, -0.25) is 4.79 Å². The maximum atomic E-state index is 13.2. The third-order valence-electron chi connectivity index (χ3n) is 5.36. The molecule has 1 fully saturated rings. The molecule has 0 bridgehead atoms. The second-order valence-electron chi connectivity index (χ2n) is 7.18. The van der Waals surface area contributed by atoms with Crippen LogP contribution in [0.1, 0.15) is 29.9 Å². The first-order valence-electron chi connectivity index (χ1n) is 9.88. The summed E-state index contributed by atoms with van der Waals surface area (Å²) in [6.45, 7) is 1.62. The third-order valence-corrected chi connectivity index (χ3v) is 5.36. The van der Waals surface area contributed by atoms with Crippen molar-refractivity contribution in [3.8, 4) is 0 Å². The van der Waals surface area contributed by atoms with E-state index in [0.717, 1.165) is 36.3 Å². The molecular formula is C24H25N3O. The van der Waals surface area contributed by atoms with E-state index in [4.69, 9.17) is 0 Å². The largest absolute Gasteiger partial charge is 0.353 e. The zero-order chi connectivity index (χ0) is 19.2. The maximum absolute atomic E-state index is 13.2. The maximum Gasteiger partial charge on any atom is 0.232 e. The Morgan fingerprint density at radius 1 is 0.964 bits per heavy atom. The average Bonchev–Trinajstić information content (AvgIpc) is 3.23. The molecule has 0 aliphatic carbocycles. The summed E-state index contributed by atoms with van der Waals surface area (Å²) in [5.41, 5.74) is 2.03. The van der Waals surface area contributed by atoms with E-state index in [0.29, 0.717) is 6.54 Å². The van der Waals surface area contributed by atoms with Crippen LogP contribution in [-0.4, -0.2) is 30.0 Å². The van der Waals surface area contributed by atoms with E-state index in [9.17, 15) is 4.79 Å². The number of aromatic nitrogens is 1. The Morgan fingerprint density at radius 3 is 2.21 bits per heavy atom. The smallest absolute Gasteiger partial charge is 0.232 e. The van der Waals surface area contributed by atoms with Gasteiger partial charge >= 0.3 is 0 Å². The highest BCUT2D eigenvalue weighted by Crippen LogP contribution is 2.26. The van der Waals surface area contributed by atoms with E-state index in [-0.39, 0.29) is 17.9 Å².